The fraction of sp³-hybridized carbons (Fsp3) is 0.545. The van der Waals surface area contributed by atoms with Gasteiger partial charge in [0, 0.05) is 43.9 Å². The first-order valence-electron chi connectivity index (χ1n) is 10.2. The molecule has 1 N–H and O–H groups in total. The zero-order valence-corrected chi connectivity index (χ0v) is 17.6. The number of ether oxygens (including phenoxy) is 1. The number of methoxy groups -OCH3 is 1. The number of nitrogens with one attached hydrogen (secondary N) is 1. The minimum absolute atomic E-state index is 0.589. The van der Waals surface area contributed by atoms with Gasteiger partial charge in [0.1, 0.15) is 0 Å². The summed E-state index contributed by atoms with van der Waals surface area (Å²) >= 11 is 0. The second-order valence-corrected chi connectivity index (χ2v) is 7.52. The first-order valence-corrected chi connectivity index (χ1v) is 10.2. The zero-order valence-electron chi connectivity index (χ0n) is 17.6. The molecule has 1 saturated heterocycles. The number of likely N-dealkylation sites (tertiary alicyclic amines) is 1. The van der Waals surface area contributed by atoms with E-state index in [1.807, 2.05) is 6.07 Å². The van der Waals surface area contributed by atoms with Crippen molar-refractivity contribution in [3.8, 4) is 0 Å². The molecule has 152 valence electrons. The van der Waals surface area contributed by atoms with Crippen LogP contribution in [0.25, 0.3) is 0 Å². The fourth-order valence-corrected chi connectivity index (χ4v) is 3.85. The number of aryl methyl sites for hydroxylation is 1. The van der Waals surface area contributed by atoms with E-state index in [1.165, 1.54) is 16.8 Å². The van der Waals surface area contributed by atoms with Gasteiger partial charge < -0.3 is 15.0 Å². The van der Waals surface area contributed by atoms with Crippen molar-refractivity contribution in [1.82, 2.24) is 20.0 Å². The number of aromatic nitrogens is 2. The molecule has 2 heterocycles. The lowest BCUT2D eigenvalue weighted by Gasteiger charge is -2.21. The van der Waals surface area contributed by atoms with Gasteiger partial charge in [-0.2, -0.15) is 5.10 Å². The van der Waals surface area contributed by atoms with Crippen LogP contribution in [0.5, 0.6) is 0 Å². The van der Waals surface area contributed by atoms with E-state index in [9.17, 15) is 0 Å². The summed E-state index contributed by atoms with van der Waals surface area (Å²) in [5, 5.41) is 8.21. The largest absolute Gasteiger partial charge is 0.384 e. The monoisotopic (exact) mass is 383 g/mol. The van der Waals surface area contributed by atoms with Gasteiger partial charge in [0.2, 0.25) is 0 Å². The minimum atomic E-state index is 0.589. The predicted molar refractivity (Wildman–Crippen MR) is 114 cm³/mol. The molecule has 3 rings (SSSR count). The summed E-state index contributed by atoms with van der Waals surface area (Å²) in [5.41, 5.74) is 4.74. The molecule has 0 radical (unpaired) electrons. The highest BCUT2D eigenvalue weighted by atomic mass is 16.5. The summed E-state index contributed by atoms with van der Waals surface area (Å²) < 4.78 is 7.42. The molecule has 6 heteroatoms. The molecule has 0 amide bonds. The van der Waals surface area contributed by atoms with Crippen molar-refractivity contribution in [2.24, 2.45) is 10.9 Å². The Morgan fingerprint density at radius 3 is 2.79 bits per heavy atom. The number of aliphatic imine (C=N–C) groups is 1. The van der Waals surface area contributed by atoms with Crippen LogP contribution in [-0.4, -0.2) is 54.0 Å². The molecule has 0 aliphatic carbocycles. The van der Waals surface area contributed by atoms with E-state index in [0.29, 0.717) is 12.5 Å². The molecule has 28 heavy (non-hydrogen) atoms. The van der Waals surface area contributed by atoms with E-state index >= 15 is 0 Å². The van der Waals surface area contributed by atoms with E-state index in [0.717, 1.165) is 50.9 Å². The normalized spacial score (nSPS) is 17.4. The van der Waals surface area contributed by atoms with Crippen LogP contribution in [0.15, 0.2) is 35.3 Å². The maximum absolute atomic E-state index is 5.33. The fourth-order valence-electron chi connectivity index (χ4n) is 3.85. The first-order chi connectivity index (χ1) is 13.6. The van der Waals surface area contributed by atoms with Gasteiger partial charge in [-0.15, -0.1) is 0 Å². The van der Waals surface area contributed by atoms with Crippen LogP contribution in [0.4, 0.5) is 0 Å². The Bertz CT molecular complexity index is 784. The van der Waals surface area contributed by atoms with Crippen molar-refractivity contribution < 1.29 is 4.74 Å². The van der Waals surface area contributed by atoms with Crippen molar-refractivity contribution in [3.63, 3.8) is 0 Å². The average molecular weight is 384 g/mol. The van der Waals surface area contributed by atoms with Gasteiger partial charge in [-0.05, 0) is 32.8 Å². The van der Waals surface area contributed by atoms with Gasteiger partial charge in [0.25, 0.3) is 0 Å². The molecule has 1 unspecified atom stereocenters. The zero-order chi connectivity index (χ0) is 19.9. The molecule has 1 fully saturated rings. The van der Waals surface area contributed by atoms with Crippen LogP contribution < -0.4 is 5.32 Å². The molecule has 0 bridgehead atoms. The molecule has 1 aliphatic heterocycles. The number of guanidine groups is 1. The van der Waals surface area contributed by atoms with Gasteiger partial charge in [0.05, 0.1) is 25.4 Å². The smallest absolute Gasteiger partial charge is 0.194 e. The molecule has 0 spiro atoms. The Balaban J connectivity index is 1.72. The predicted octanol–water partition coefficient (Wildman–Crippen LogP) is 2.98. The third-order valence-corrected chi connectivity index (χ3v) is 5.42. The van der Waals surface area contributed by atoms with Gasteiger partial charge in [-0.25, -0.2) is 4.99 Å². The summed E-state index contributed by atoms with van der Waals surface area (Å²) in [6.45, 7) is 11.5. The van der Waals surface area contributed by atoms with Gasteiger partial charge in [-0.1, -0.05) is 30.3 Å². The topological polar surface area (TPSA) is 54.7 Å². The van der Waals surface area contributed by atoms with Gasteiger partial charge in [0.15, 0.2) is 5.96 Å². The number of hydrogen-bond donors (Lipinski definition) is 1. The summed E-state index contributed by atoms with van der Waals surface area (Å²) in [5.74, 6) is 1.58. The van der Waals surface area contributed by atoms with Crippen molar-refractivity contribution in [2.45, 2.75) is 40.3 Å². The molecule has 1 atom stereocenters. The second kappa shape index (κ2) is 9.73. The third-order valence-electron chi connectivity index (χ3n) is 5.42. The Kier molecular flexibility index (Phi) is 7.09. The Labute approximate surface area is 168 Å². The standard InChI is InChI=1S/C22H33N5O/c1-5-23-22(26-12-11-20(14-26)16-28-4)24-13-21-17(2)25-27(18(21)3)15-19-9-7-6-8-10-19/h6-10,20H,5,11-16H2,1-4H3,(H,23,24). The lowest BCUT2D eigenvalue weighted by atomic mass is 10.1. The third kappa shape index (κ3) is 4.93. The maximum atomic E-state index is 5.33. The molecule has 1 aromatic heterocycles. The van der Waals surface area contributed by atoms with Crippen molar-refractivity contribution in [1.29, 1.82) is 0 Å². The highest BCUT2D eigenvalue weighted by Gasteiger charge is 2.24. The summed E-state index contributed by atoms with van der Waals surface area (Å²) in [7, 11) is 1.78. The van der Waals surface area contributed by atoms with Crippen molar-refractivity contribution in [2.75, 3.05) is 33.4 Å². The van der Waals surface area contributed by atoms with E-state index < -0.39 is 0 Å². The van der Waals surface area contributed by atoms with Gasteiger partial charge >= 0.3 is 0 Å². The Hall–Kier alpha value is -2.34. The van der Waals surface area contributed by atoms with Crippen LogP contribution in [0.3, 0.4) is 0 Å². The molecular formula is C22H33N5O. The summed E-state index contributed by atoms with van der Waals surface area (Å²) in [6, 6.07) is 10.5. The SMILES string of the molecule is CCNC(=NCc1c(C)nn(Cc2ccccc2)c1C)N1CCC(COC)C1. The maximum Gasteiger partial charge on any atom is 0.194 e. The molecule has 2 aromatic rings. The quantitative estimate of drug-likeness (QED) is 0.590. The van der Waals surface area contributed by atoms with Crippen molar-refractivity contribution in [3.05, 3.63) is 52.8 Å². The average Bonchev–Trinajstić information content (AvgIpc) is 3.25. The van der Waals surface area contributed by atoms with E-state index in [2.05, 4.69) is 59.9 Å². The Morgan fingerprint density at radius 1 is 1.29 bits per heavy atom. The second-order valence-electron chi connectivity index (χ2n) is 7.52. The van der Waals surface area contributed by atoms with Crippen LogP contribution in [-0.2, 0) is 17.8 Å². The Morgan fingerprint density at radius 2 is 2.07 bits per heavy atom. The van der Waals surface area contributed by atoms with Crippen molar-refractivity contribution >= 4 is 5.96 Å². The highest BCUT2D eigenvalue weighted by Crippen LogP contribution is 2.19. The molecule has 1 aromatic carbocycles. The number of rotatable bonds is 7. The molecule has 0 saturated carbocycles. The van der Waals surface area contributed by atoms with Crippen LogP contribution in [0.2, 0.25) is 0 Å². The number of nitrogens with zero attached hydrogens (tertiary/aromatic N) is 4. The van der Waals surface area contributed by atoms with Crippen LogP contribution in [0, 0.1) is 19.8 Å². The molecule has 6 nitrogen and oxygen atoms in total. The number of benzene rings is 1. The van der Waals surface area contributed by atoms with E-state index in [4.69, 9.17) is 14.8 Å². The summed E-state index contributed by atoms with van der Waals surface area (Å²) in [4.78, 5) is 7.29. The first kappa shape index (κ1) is 20.4. The van der Waals surface area contributed by atoms with E-state index in [-0.39, 0.29) is 0 Å². The molecule has 1 aliphatic rings. The lowest BCUT2D eigenvalue weighted by Crippen LogP contribution is -2.40. The minimum Gasteiger partial charge on any atom is -0.384 e. The van der Waals surface area contributed by atoms with Gasteiger partial charge in [-0.3, -0.25) is 4.68 Å². The highest BCUT2D eigenvalue weighted by molar-refractivity contribution is 5.80. The van der Waals surface area contributed by atoms with Crippen LogP contribution >= 0.6 is 0 Å². The summed E-state index contributed by atoms with van der Waals surface area (Å²) in [6.07, 6.45) is 1.16. The lowest BCUT2D eigenvalue weighted by molar-refractivity contribution is 0.157. The van der Waals surface area contributed by atoms with E-state index in [1.54, 1.807) is 7.11 Å². The molecular weight excluding hydrogens is 350 g/mol. The van der Waals surface area contributed by atoms with Crippen LogP contribution in [0.1, 0.15) is 35.9 Å². The number of hydrogen-bond acceptors (Lipinski definition) is 3.